The van der Waals surface area contributed by atoms with Gasteiger partial charge in [0.2, 0.25) is 0 Å². The van der Waals surface area contributed by atoms with E-state index in [4.69, 9.17) is 30.5 Å². The van der Waals surface area contributed by atoms with E-state index >= 15 is 0 Å². The summed E-state index contributed by atoms with van der Waals surface area (Å²) in [5.41, 5.74) is 0.261. The van der Waals surface area contributed by atoms with Crippen LogP contribution in [0.5, 0.6) is 0 Å². The zero-order chi connectivity index (χ0) is 35.5. The molecule has 10 atom stereocenters. The maximum Gasteiger partial charge on any atom is 0.329 e. The Labute approximate surface area is 293 Å². The highest BCUT2D eigenvalue weighted by Crippen LogP contribution is 2.28. The van der Waals surface area contributed by atoms with Crippen LogP contribution in [0.2, 0.25) is 5.02 Å². The summed E-state index contributed by atoms with van der Waals surface area (Å²) in [7, 11) is 0. The molecule has 2 fully saturated rings. The SMILES string of the molecule is CCCCCCCCO[C@@H]1[C@@H](O)[C@@H](O)O[C@H](Cn2c(=O)n(C[C@H]3O[C@H](O)[C@H](O)[C@@H](OCCCCCCCC)[C@@H]3O)c3cc(Cl)ccc32)[C@H]1O. The second-order valence-corrected chi connectivity index (χ2v) is 13.9. The van der Waals surface area contributed by atoms with Crippen molar-refractivity contribution < 1.29 is 49.6 Å². The smallest absolute Gasteiger partial charge is 0.329 e. The third-order valence-corrected chi connectivity index (χ3v) is 9.88. The first-order valence-electron chi connectivity index (χ1n) is 18.1. The van der Waals surface area contributed by atoms with Crippen molar-refractivity contribution in [1.29, 1.82) is 0 Å². The Morgan fingerprint density at radius 1 is 0.633 bits per heavy atom. The molecule has 280 valence electrons. The average Bonchev–Trinajstić information content (AvgIpc) is 3.32. The predicted octanol–water partition coefficient (Wildman–Crippen LogP) is 2.83. The van der Waals surface area contributed by atoms with Crippen LogP contribution in [-0.2, 0) is 32.0 Å². The molecule has 6 N–H and O–H groups in total. The van der Waals surface area contributed by atoms with Gasteiger partial charge in [0.1, 0.15) is 48.8 Å². The van der Waals surface area contributed by atoms with Gasteiger partial charge in [-0.15, -0.1) is 0 Å². The van der Waals surface area contributed by atoms with Crippen LogP contribution in [0.3, 0.4) is 0 Å². The van der Waals surface area contributed by atoms with E-state index in [2.05, 4.69) is 13.8 Å². The lowest BCUT2D eigenvalue weighted by molar-refractivity contribution is -0.292. The molecule has 0 unspecified atom stereocenters. The van der Waals surface area contributed by atoms with Crippen molar-refractivity contribution in [3.05, 3.63) is 33.7 Å². The normalized spacial score (nSPS) is 30.7. The zero-order valence-corrected chi connectivity index (χ0v) is 29.6. The lowest BCUT2D eigenvalue weighted by Crippen LogP contribution is -2.60. The highest BCUT2D eigenvalue weighted by Gasteiger charge is 2.46. The van der Waals surface area contributed by atoms with Gasteiger partial charge >= 0.3 is 5.69 Å². The monoisotopic (exact) mass is 716 g/mol. The van der Waals surface area contributed by atoms with Crippen LogP contribution in [0, 0.1) is 0 Å². The second kappa shape index (κ2) is 19.8. The molecule has 13 nitrogen and oxygen atoms in total. The summed E-state index contributed by atoms with van der Waals surface area (Å²) in [5.74, 6) is 0. The van der Waals surface area contributed by atoms with Crippen molar-refractivity contribution in [2.45, 2.75) is 165 Å². The van der Waals surface area contributed by atoms with E-state index in [-0.39, 0.29) is 26.3 Å². The van der Waals surface area contributed by atoms with Gasteiger partial charge in [-0.2, -0.15) is 0 Å². The average molecular weight is 717 g/mol. The fourth-order valence-electron chi connectivity index (χ4n) is 6.74. The van der Waals surface area contributed by atoms with Crippen molar-refractivity contribution in [2.24, 2.45) is 0 Å². The molecule has 0 amide bonds. The summed E-state index contributed by atoms with van der Waals surface area (Å²) >= 11 is 6.32. The topological polar surface area (TPSA) is 185 Å². The van der Waals surface area contributed by atoms with Crippen molar-refractivity contribution in [3.63, 3.8) is 0 Å². The maximum absolute atomic E-state index is 14.0. The number of nitrogens with zero attached hydrogens (tertiary/aromatic N) is 2. The van der Waals surface area contributed by atoms with Gasteiger partial charge in [-0.25, -0.2) is 4.79 Å². The number of hydrogen-bond acceptors (Lipinski definition) is 11. The van der Waals surface area contributed by atoms with Gasteiger partial charge in [0, 0.05) is 18.2 Å². The number of imidazole rings is 1. The molecule has 49 heavy (non-hydrogen) atoms. The molecule has 2 aliphatic heterocycles. The molecular weight excluding hydrogens is 660 g/mol. The number of ether oxygens (including phenoxy) is 4. The fraction of sp³-hybridized carbons (Fsp3) is 0.800. The number of fused-ring (bicyclic) bond motifs is 1. The van der Waals surface area contributed by atoms with E-state index in [0.29, 0.717) is 16.1 Å². The minimum absolute atomic E-state index is 0.203. The molecule has 0 saturated carbocycles. The van der Waals surface area contributed by atoms with Gasteiger partial charge < -0.3 is 49.6 Å². The first kappa shape index (κ1) is 40.2. The largest absolute Gasteiger partial charge is 0.388 e. The van der Waals surface area contributed by atoms with Crippen LogP contribution in [0.25, 0.3) is 11.0 Å². The number of unbranched alkanes of at least 4 members (excludes halogenated alkanes) is 10. The number of hydrogen-bond donors (Lipinski definition) is 6. The minimum Gasteiger partial charge on any atom is -0.388 e. The molecule has 1 aromatic carbocycles. The third-order valence-electron chi connectivity index (χ3n) is 9.64. The molecular formula is C35H57ClN2O11. The summed E-state index contributed by atoms with van der Waals surface area (Å²) < 4.78 is 25.5. The van der Waals surface area contributed by atoms with Gasteiger partial charge in [0.05, 0.1) is 24.1 Å². The van der Waals surface area contributed by atoms with Crippen molar-refractivity contribution in [1.82, 2.24) is 9.13 Å². The van der Waals surface area contributed by atoms with Gasteiger partial charge in [-0.3, -0.25) is 9.13 Å². The van der Waals surface area contributed by atoms with Crippen molar-refractivity contribution >= 4 is 22.6 Å². The number of benzene rings is 1. The maximum atomic E-state index is 14.0. The lowest BCUT2D eigenvalue weighted by Gasteiger charge is -2.40. The van der Waals surface area contributed by atoms with E-state index in [1.165, 1.54) is 22.0 Å². The summed E-state index contributed by atoms with van der Waals surface area (Å²) in [6, 6.07) is 4.81. The Kier molecular flexibility index (Phi) is 16.3. The van der Waals surface area contributed by atoms with Gasteiger partial charge in [0.25, 0.3) is 0 Å². The molecule has 14 heteroatoms. The van der Waals surface area contributed by atoms with Crippen LogP contribution in [0.1, 0.15) is 90.9 Å². The molecule has 2 aromatic rings. The van der Waals surface area contributed by atoms with E-state index in [1.807, 2.05) is 0 Å². The Hall–Kier alpha value is -1.62. The van der Waals surface area contributed by atoms with E-state index < -0.39 is 67.1 Å². The van der Waals surface area contributed by atoms with Crippen LogP contribution in [-0.4, -0.2) is 114 Å². The van der Waals surface area contributed by atoms with E-state index in [1.54, 1.807) is 18.2 Å². The molecule has 4 rings (SSSR count). The van der Waals surface area contributed by atoms with E-state index in [9.17, 15) is 35.4 Å². The van der Waals surface area contributed by atoms with Gasteiger partial charge in [-0.1, -0.05) is 89.7 Å². The summed E-state index contributed by atoms with van der Waals surface area (Å²) in [4.78, 5) is 14.0. The first-order valence-corrected chi connectivity index (χ1v) is 18.5. The Bertz CT molecular complexity index is 1320. The molecule has 0 spiro atoms. The summed E-state index contributed by atoms with van der Waals surface area (Å²) in [6.45, 7) is 4.45. The highest BCUT2D eigenvalue weighted by molar-refractivity contribution is 6.31. The molecule has 2 saturated heterocycles. The van der Waals surface area contributed by atoms with Crippen LogP contribution >= 0.6 is 11.6 Å². The van der Waals surface area contributed by atoms with Crippen LogP contribution in [0.4, 0.5) is 0 Å². The van der Waals surface area contributed by atoms with Crippen LogP contribution in [0.15, 0.2) is 23.0 Å². The fourth-order valence-corrected chi connectivity index (χ4v) is 6.90. The number of rotatable bonds is 20. The summed E-state index contributed by atoms with van der Waals surface area (Å²) in [6.07, 6.45) is -1.13. The molecule has 0 radical (unpaired) electrons. The van der Waals surface area contributed by atoms with Gasteiger partial charge in [-0.05, 0) is 31.0 Å². The second-order valence-electron chi connectivity index (χ2n) is 13.4. The number of halogens is 1. The third kappa shape index (κ3) is 10.5. The Balaban J connectivity index is 1.47. The van der Waals surface area contributed by atoms with Crippen molar-refractivity contribution in [2.75, 3.05) is 13.2 Å². The quantitative estimate of drug-likeness (QED) is 0.111. The molecule has 0 bridgehead atoms. The lowest BCUT2D eigenvalue weighted by atomic mass is 9.98. The number of aliphatic hydroxyl groups excluding tert-OH is 6. The van der Waals surface area contributed by atoms with Crippen molar-refractivity contribution in [3.8, 4) is 0 Å². The molecule has 2 aliphatic rings. The predicted molar refractivity (Wildman–Crippen MR) is 183 cm³/mol. The standard InChI is InChI=1S/C35H57ClN2O11/c1-3-5-7-9-11-13-17-46-31-27(39)25(48-33(43)29(31)41)20-37-23-16-15-22(36)19-24(23)38(35(37)45)21-26-28(40)32(30(42)34(44)49-26)47-18-14-12-10-8-6-4-2/h15-16,19,25-34,39-44H,3-14,17-18,20-21H2,1-2H3/t25-,26-,27-,28-,29-,30-,31+,32+,33+,34+/m1/s1. The Morgan fingerprint density at radius 3 is 1.53 bits per heavy atom. The molecule has 3 heterocycles. The molecule has 0 aliphatic carbocycles. The van der Waals surface area contributed by atoms with Gasteiger partial charge in [0.15, 0.2) is 12.6 Å². The van der Waals surface area contributed by atoms with E-state index in [0.717, 1.165) is 64.2 Å². The number of aliphatic hydroxyl groups is 6. The minimum atomic E-state index is -1.65. The highest BCUT2D eigenvalue weighted by atomic mass is 35.5. The van der Waals surface area contributed by atoms with Crippen LogP contribution < -0.4 is 5.69 Å². The summed E-state index contributed by atoms with van der Waals surface area (Å²) in [5, 5.41) is 64.9. The molecule has 1 aromatic heterocycles. The Morgan fingerprint density at radius 2 is 1.06 bits per heavy atom. The number of aromatic nitrogens is 2. The zero-order valence-electron chi connectivity index (χ0n) is 28.8. The first-order chi connectivity index (χ1) is 23.6.